The number of anilines is 1. The fourth-order valence-electron chi connectivity index (χ4n) is 1.57. The Hall–Kier alpha value is -1.19. The molecule has 0 unspecified atom stereocenters. The molecule has 0 saturated carbocycles. The van der Waals surface area contributed by atoms with E-state index in [2.05, 4.69) is 5.10 Å². The Kier molecular flexibility index (Phi) is 2.82. The van der Waals surface area contributed by atoms with E-state index in [1.807, 2.05) is 26.0 Å². The molecular weight excluding hydrogens is 245 g/mol. The molecule has 5 heteroatoms. The number of nitrogens with two attached hydrogens (primary N) is 1. The van der Waals surface area contributed by atoms with Crippen LogP contribution in [-0.2, 0) is 0 Å². The van der Waals surface area contributed by atoms with Crippen molar-refractivity contribution >= 4 is 28.9 Å². The Morgan fingerprint density at radius 3 is 2.50 bits per heavy atom. The first kappa shape index (κ1) is 11.3. The molecule has 0 aliphatic heterocycles. The van der Waals surface area contributed by atoms with Gasteiger partial charge in [-0.2, -0.15) is 5.10 Å². The first-order valence-corrected chi connectivity index (χ1v) is 5.54. The van der Waals surface area contributed by atoms with E-state index in [-0.39, 0.29) is 0 Å². The van der Waals surface area contributed by atoms with Gasteiger partial charge in [-0.1, -0.05) is 29.3 Å². The number of halogens is 2. The van der Waals surface area contributed by atoms with Crippen LogP contribution in [0.25, 0.3) is 5.69 Å². The molecular formula is C11H11Cl2N3. The molecule has 2 aromatic rings. The zero-order valence-corrected chi connectivity index (χ0v) is 10.5. The molecule has 2 N–H and O–H groups in total. The SMILES string of the molecule is Cc1nn(-c2cccc(Cl)c2N)c(C)c1Cl. The summed E-state index contributed by atoms with van der Waals surface area (Å²) in [5, 5.41) is 5.50. The number of hydrogen-bond acceptors (Lipinski definition) is 2. The maximum atomic E-state index is 6.08. The van der Waals surface area contributed by atoms with Crippen LogP contribution >= 0.6 is 23.2 Å². The molecule has 0 saturated heterocycles. The summed E-state index contributed by atoms with van der Waals surface area (Å²) >= 11 is 12.0. The van der Waals surface area contributed by atoms with Crippen molar-refractivity contribution in [3.8, 4) is 5.69 Å². The first-order chi connectivity index (χ1) is 7.52. The average molecular weight is 256 g/mol. The molecule has 0 bridgehead atoms. The Balaban J connectivity index is 2.68. The van der Waals surface area contributed by atoms with Gasteiger partial charge in [-0.15, -0.1) is 0 Å². The molecule has 16 heavy (non-hydrogen) atoms. The number of para-hydroxylation sites is 1. The number of hydrogen-bond donors (Lipinski definition) is 1. The third-order valence-corrected chi connectivity index (χ3v) is 3.34. The summed E-state index contributed by atoms with van der Waals surface area (Å²) in [6, 6.07) is 5.43. The molecule has 1 aromatic carbocycles. The summed E-state index contributed by atoms with van der Waals surface area (Å²) in [6.45, 7) is 3.75. The highest BCUT2D eigenvalue weighted by Gasteiger charge is 2.13. The third kappa shape index (κ3) is 1.66. The smallest absolute Gasteiger partial charge is 0.0894 e. The number of aromatic nitrogens is 2. The second-order valence-electron chi connectivity index (χ2n) is 3.57. The molecule has 2 rings (SSSR count). The maximum absolute atomic E-state index is 6.08. The Labute approximate surface area is 104 Å². The lowest BCUT2D eigenvalue weighted by Gasteiger charge is -2.08. The zero-order valence-electron chi connectivity index (χ0n) is 8.96. The summed E-state index contributed by atoms with van der Waals surface area (Å²) in [7, 11) is 0. The number of benzene rings is 1. The molecule has 0 aliphatic rings. The van der Waals surface area contributed by atoms with Gasteiger partial charge in [0.05, 0.1) is 32.8 Å². The van der Waals surface area contributed by atoms with Gasteiger partial charge in [0, 0.05) is 0 Å². The highest BCUT2D eigenvalue weighted by Crippen LogP contribution is 2.29. The number of nitrogens with zero attached hydrogens (tertiary/aromatic N) is 2. The van der Waals surface area contributed by atoms with E-state index in [0.717, 1.165) is 17.1 Å². The van der Waals surface area contributed by atoms with E-state index in [4.69, 9.17) is 28.9 Å². The quantitative estimate of drug-likeness (QED) is 0.795. The Bertz CT molecular complexity index is 546. The lowest BCUT2D eigenvalue weighted by molar-refractivity contribution is 0.836. The molecule has 84 valence electrons. The van der Waals surface area contributed by atoms with E-state index in [1.54, 1.807) is 10.7 Å². The lowest BCUT2D eigenvalue weighted by atomic mass is 10.2. The van der Waals surface area contributed by atoms with Crippen LogP contribution < -0.4 is 5.73 Å². The van der Waals surface area contributed by atoms with Crippen LogP contribution in [0.4, 0.5) is 5.69 Å². The van der Waals surface area contributed by atoms with Crippen LogP contribution in [0.2, 0.25) is 10.0 Å². The van der Waals surface area contributed by atoms with Crippen molar-refractivity contribution in [2.75, 3.05) is 5.73 Å². The number of aryl methyl sites for hydroxylation is 1. The summed E-state index contributed by atoms with van der Waals surface area (Å²) < 4.78 is 1.71. The van der Waals surface area contributed by atoms with E-state index < -0.39 is 0 Å². The zero-order chi connectivity index (χ0) is 11.9. The minimum absolute atomic E-state index is 0.506. The van der Waals surface area contributed by atoms with Crippen molar-refractivity contribution in [2.24, 2.45) is 0 Å². The number of rotatable bonds is 1. The highest BCUT2D eigenvalue weighted by atomic mass is 35.5. The van der Waals surface area contributed by atoms with Gasteiger partial charge in [-0.3, -0.25) is 0 Å². The lowest BCUT2D eigenvalue weighted by Crippen LogP contribution is -2.03. The van der Waals surface area contributed by atoms with Gasteiger partial charge in [-0.05, 0) is 26.0 Å². The molecule has 0 radical (unpaired) electrons. The fourth-order valence-corrected chi connectivity index (χ4v) is 1.86. The van der Waals surface area contributed by atoms with Gasteiger partial charge < -0.3 is 5.73 Å². The van der Waals surface area contributed by atoms with E-state index in [9.17, 15) is 0 Å². The van der Waals surface area contributed by atoms with Crippen LogP contribution in [-0.4, -0.2) is 9.78 Å². The molecule has 1 aromatic heterocycles. The summed E-state index contributed by atoms with van der Waals surface area (Å²) in [6.07, 6.45) is 0. The average Bonchev–Trinajstić information content (AvgIpc) is 2.50. The molecule has 0 atom stereocenters. The minimum atomic E-state index is 0.506. The van der Waals surface area contributed by atoms with Crippen molar-refractivity contribution in [3.05, 3.63) is 39.6 Å². The van der Waals surface area contributed by atoms with Crippen LogP contribution in [0.5, 0.6) is 0 Å². The van der Waals surface area contributed by atoms with Crippen LogP contribution in [0, 0.1) is 13.8 Å². The predicted molar refractivity (Wildman–Crippen MR) is 67.5 cm³/mol. The van der Waals surface area contributed by atoms with Gasteiger partial charge in [-0.25, -0.2) is 4.68 Å². The Morgan fingerprint density at radius 2 is 1.94 bits per heavy atom. The van der Waals surface area contributed by atoms with Crippen LogP contribution in [0.3, 0.4) is 0 Å². The van der Waals surface area contributed by atoms with E-state index in [1.165, 1.54) is 0 Å². The van der Waals surface area contributed by atoms with E-state index >= 15 is 0 Å². The molecule has 0 spiro atoms. The van der Waals surface area contributed by atoms with Gasteiger partial charge in [0.1, 0.15) is 0 Å². The highest BCUT2D eigenvalue weighted by molar-refractivity contribution is 6.33. The van der Waals surface area contributed by atoms with Gasteiger partial charge in [0.15, 0.2) is 0 Å². The van der Waals surface area contributed by atoms with Gasteiger partial charge in [0.2, 0.25) is 0 Å². The second-order valence-corrected chi connectivity index (χ2v) is 4.35. The van der Waals surface area contributed by atoms with Crippen molar-refractivity contribution in [3.63, 3.8) is 0 Å². The summed E-state index contributed by atoms with van der Waals surface area (Å²) in [5.74, 6) is 0. The molecule has 0 fully saturated rings. The first-order valence-electron chi connectivity index (χ1n) is 4.78. The topological polar surface area (TPSA) is 43.8 Å². The van der Waals surface area contributed by atoms with Crippen molar-refractivity contribution < 1.29 is 0 Å². The van der Waals surface area contributed by atoms with Gasteiger partial charge in [0.25, 0.3) is 0 Å². The fraction of sp³-hybridized carbons (Fsp3) is 0.182. The van der Waals surface area contributed by atoms with Crippen LogP contribution in [0.1, 0.15) is 11.4 Å². The summed E-state index contributed by atoms with van der Waals surface area (Å²) in [4.78, 5) is 0. The van der Waals surface area contributed by atoms with Crippen LogP contribution in [0.15, 0.2) is 18.2 Å². The van der Waals surface area contributed by atoms with Gasteiger partial charge >= 0.3 is 0 Å². The predicted octanol–water partition coefficient (Wildman–Crippen LogP) is 3.38. The third-order valence-electron chi connectivity index (χ3n) is 2.46. The van der Waals surface area contributed by atoms with E-state index in [0.29, 0.717) is 15.7 Å². The van der Waals surface area contributed by atoms with Crippen molar-refractivity contribution in [1.29, 1.82) is 0 Å². The van der Waals surface area contributed by atoms with Crippen molar-refractivity contribution in [1.82, 2.24) is 9.78 Å². The largest absolute Gasteiger partial charge is 0.396 e. The van der Waals surface area contributed by atoms with Crippen molar-refractivity contribution in [2.45, 2.75) is 13.8 Å². The second kappa shape index (κ2) is 4.00. The normalized spacial score (nSPS) is 10.8. The molecule has 3 nitrogen and oxygen atoms in total. The Morgan fingerprint density at radius 1 is 1.25 bits per heavy atom. The maximum Gasteiger partial charge on any atom is 0.0894 e. The monoisotopic (exact) mass is 255 g/mol. The minimum Gasteiger partial charge on any atom is -0.396 e. The number of nitrogen functional groups attached to an aromatic ring is 1. The standard InChI is InChI=1S/C11H11Cl2N3/c1-6-10(13)7(2)16(15-6)9-5-3-4-8(12)11(9)14/h3-5H,14H2,1-2H3. The molecule has 0 aliphatic carbocycles. The molecule has 0 amide bonds. The summed E-state index contributed by atoms with van der Waals surface area (Å²) in [5.41, 5.74) is 8.79. The molecule has 1 heterocycles.